The van der Waals surface area contributed by atoms with Gasteiger partial charge in [0.25, 0.3) is 5.56 Å². The zero-order valence-electron chi connectivity index (χ0n) is 16.2. The molecular formula is C21H22BrN3O3. The van der Waals surface area contributed by atoms with Gasteiger partial charge in [-0.3, -0.25) is 14.3 Å². The number of nitrogens with zero attached hydrogens (tertiary/aromatic N) is 2. The van der Waals surface area contributed by atoms with Gasteiger partial charge in [-0.1, -0.05) is 26.0 Å². The molecule has 0 amide bonds. The molecule has 1 aromatic carbocycles. The monoisotopic (exact) mass is 443 g/mol. The molecule has 2 heterocycles. The van der Waals surface area contributed by atoms with Gasteiger partial charge >= 0.3 is 5.69 Å². The predicted molar refractivity (Wildman–Crippen MR) is 112 cm³/mol. The van der Waals surface area contributed by atoms with Crippen LogP contribution >= 0.6 is 15.9 Å². The highest BCUT2D eigenvalue weighted by atomic mass is 79.9. The first kappa shape index (κ1) is 20.1. The fraction of sp³-hybridized carbons (Fsp3) is 0.286. The number of aromatic amines is 1. The lowest BCUT2D eigenvalue weighted by Gasteiger charge is -2.15. The van der Waals surface area contributed by atoms with E-state index in [1.807, 2.05) is 52.0 Å². The van der Waals surface area contributed by atoms with E-state index in [0.29, 0.717) is 21.6 Å². The SMILES string of the molecule is Cc1cc(C)cc(Oc2[nH]c(=O)n(Cc3cccc(Br)n3)c(=O)c2C(C)C)c1. The zero-order valence-corrected chi connectivity index (χ0v) is 17.8. The van der Waals surface area contributed by atoms with Gasteiger partial charge in [-0.05, 0) is 71.1 Å². The standard InChI is InChI=1S/C21H22BrN3O3/c1-12(2)18-19(28-16-9-13(3)8-14(4)10-16)24-21(27)25(20(18)26)11-15-6-5-7-17(22)23-15/h5-10,12H,11H2,1-4H3,(H,24,27). The molecule has 0 aliphatic carbocycles. The predicted octanol–water partition coefficient (Wildman–Crippen LogP) is 4.27. The average molecular weight is 444 g/mol. The van der Waals surface area contributed by atoms with Crippen LogP contribution < -0.4 is 16.0 Å². The van der Waals surface area contributed by atoms with Crippen molar-refractivity contribution in [3.63, 3.8) is 0 Å². The third kappa shape index (κ3) is 4.42. The molecule has 0 saturated carbocycles. The molecule has 0 atom stereocenters. The van der Waals surface area contributed by atoms with Crippen molar-refractivity contribution in [3.05, 3.63) is 84.2 Å². The van der Waals surface area contributed by atoms with Crippen molar-refractivity contribution in [1.82, 2.24) is 14.5 Å². The first-order chi connectivity index (χ1) is 13.2. The summed E-state index contributed by atoms with van der Waals surface area (Å²) < 4.78 is 7.72. The van der Waals surface area contributed by atoms with Crippen molar-refractivity contribution < 1.29 is 4.74 Å². The van der Waals surface area contributed by atoms with Crippen LogP contribution in [0.5, 0.6) is 11.6 Å². The molecule has 0 aliphatic rings. The van der Waals surface area contributed by atoms with Gasteiger partial charge in [0.1, 0.15) is 10.4 Å². The van der Waals surface area contributed by atoms with Crippen LogP contribution in [-0.2, 0) is 6.54 Å². The lowest BCUT2D eigenvalue weighted by Crippen LogP contribution is -2.38. The van der Waals surface area contributed by atoms with E-state index >= 15 is 0 Å². The number of rotatable bonds is 5. The van der Waals surface area contributed by atoms with Crippen molar-refractivity contribution >= 4 is 15.9 Å². The Hall–Kier alpha value is -2.67. The minimum atomic E-state index is -0.532. The Morgan fingerprint density at radius 2 is 1.82 bits per heavy atom. The van der Waals surface area contributed by atoms with E-state index in [2.05, 4.69) is 25.9 Å². The van der Waals surface area contributed by atoms with Gasteiger partial charge < -0.3 is 4.74 Å². The fourth-order valence-electron chi connectivity index (χ4n) is 3.11. The number of hydrogen-bond donors (Lipinski definition) is 1. The second kappa shape index (κ2) is 8.14. The number of pyridine rings is 1. The number of hydrogen-bond acceptors (Lipinski definition) is 4. The average Bonchev–Trinajstić information content (AvgIpc) is 2.57. The quantitative estimate of drug-likeness (QED) is 0.597. The molecule has 0 spiro atoms. The van der Waals surface area contributed by atoms with Crippen molar-refractivity contribution in [2.45, 2.75) is 40.2 Å². The number of aromatic nitrogens is 3. The van der Waals surface area contributed by atoms with E-state index in [1.165, 1.54) is 0 Å². The Labute approximate surface area is 171 Å². The van der Waals surface area contributed by atoms with Gasteiger partial charge in [0.2, 0.25) is 5.88 Å². The molecule has 3 rings (SSSR count). The third-order valence-corrected chi connectivity index (χ3v) is 4.71. The van der Waals surface area contributed by atoms with Gasteiger partial charge in [0, 0.05) is 0 Å². The molecule has 146 valence electrons. The number of halogens is 1. The highest BCUT2D eigenvalue weighted by molar-refractivity contribution is 9.10. The molecule has 3 aromatic rings. The van der Waals surface area contributed by atoms with E-state index in [9.17, 15) is 9.59 Å². The zero-order chi connectivity index (χ0) is 20.4. The topological polar surface area (TPSA) is 77.0 Å². The summed E-state index contributed by atoms with van der Waals surface area (Å²) in [6.45, 7) is 7.80. The molecule has 0 unspecified atom stereocenters. The number of H-pyrrole nitrogens is 1. The van der Waals surface area contributed by atoms with Crippen LogP contribution in [0.25, 0.3) is 0 Å². The van der Waals surface area contributed by atoms with Crippen LogP contribution in [0.4, 0.5) is 0 Å². The molecule has 0 aliphatic heterocycles. The molecule has 0 saturated heterocycles. The van der Waals surface area contributed by atoms with E-state index in [0.717, 1.165) is 15.7 Å². The second-order valence-electron chi connectivity index (χ2n) is 7.10. The highest BCUT2D eigenvalue weighted by Crippen LogP contribution is 2.26. The molecule has 7 heteroatoms. The summed E-state index contributed by atoms with van der Waals surface area (Å²) in [6.07, 6.45) is 0. The summed E-state index contributed by atoms with van der Waals surface area (Å²) in [5.74, 6) is 0.640. The van der Waals surface area contributed by atoms with Crippen LogP contribution in [0.2, 0.25) is 0 Å². The van der Waals surface area contributed by atoms with Crippen molar-refractivity contribution in [3.8, 4) is 11.6 Å². The van der Waals surface area contributed by atoms with Gasteiger partial charge in [-0.25, -0.2) is 9.78 Å². The number of benzene rings is 1. The maximum atomic E-state index is 13.1. The first-order valence-corrected chi connectivity index (χ1v) is 9.78. The molecule has 0 bridgehead atoms. The van der Waals surface area contributed by atoms with Crippen molar-refractivity contribution in [1.29, 1.82) is 0 Å². The number of nitrogens with one attached hydrogen (secondary N) is 1. The van der Waals surface area contributed by atoms with Crippen molar-refractivity contribution in [2.75, 3.05) is 0 Å². The minimum Gasteiger partial charge on any atom is -0.440 e. The summed E-state index contributed by atoms with van der Waals surface area (Å²) in [5, 5.41) is 0. The number of ether oxygens (including phenoxy) is 1. The highest BCUT2D eigenvalue weighted by Gasteiger charge is 2.19. The van der Waals surface area contributed by atoms with Gasteiger partial charge in [0.15, 0.2) is 0 Å². The Bertz CT molecular complexity index is 1110. The molecule has 28 heavy (non-hydrogen) atoms. The normalized spacial score (nSPS) is 11.1. The summed E-state index contributed by atoms with van der Waals surface area (Å²) in [6, 6.07) is 11.1. The van der Waals surface area contributed by atoms with Crippen molar-refractivity contribution in [2.24, 2.45) is 0 Å². The Balaban J connectivity index is 2.07. The van der Waals surface area contributed by atoms with E-state index in [-0.39, 0.29) is 23.9 Å². The van der Waals surface area contributed by atoms with Gasteiger partial charge in [-0.2, -0.15) is 0 Å². The summed E-state index contributed by atoms with van der Waals surface area (Å²) >= 11 is 3.31. The fourth-order valence-corrected chi connectivity index (χ4v) is 3.49. The maximum Gasteiger partial charge on any atom is 0.331 e. The Morgan fingerprint density at radius 1 is 1.14 bits per heavy atom. The minimum absolute atomic E-state index is 0.0805. The Morgan fingerprint density at radius 3 is 2.43 bits per heavy atom. The van der Waals surface area contributed by atoms with Crippen LogP contribution in [-0.4, -0.2) is 14.5 Å². The summed E-state index contributed by atoms with van der Waals surface area (Å²) in [4.78, 5) is 32.8. The molecule has 0 fully saturated rings. The van der Waals surface area contributed by atoms with E-state index < -0.39 is 5.69 Å². The molecule has 2 aromatic heterocycles. The lowest BCUT2D eigenvalue weighted by atomic mass is 10.1. The van der Waals surface area contributed by atoms with Crippen LogP contribution in [0.15, 0.2) is 50.6 Å². The lowest BCUT2D eigenvalue weighted by molar-refractivity contribution is 0.439. The third-order valence-electron chi connectivity index (χ3n) is 4.27. The van der Waals surface area contributed by atoms with Crippen LogP contribution in [0.3, 0.4) is 0 Å². The first-order valence-electron chi connectivity index (χ1n) is 8.99. The van der Waals surface area contributed by atoms with Crippen LogP contribution in [0, 0.1) is 13.8 Å². The van der Waals surface area contributed by atoms with E-state index in [1.54, 1.807) is 12.1 Å². The molecule has 6 nitrogen and oxygen atoms in total. The Kier molecular flexibility index (Phi) is 5.84. The molecule has 1 N–H and O–H groups in total. The van der Waals surface area contributed by atoms with E-state index in [4.69, 9.17) is 4.74 Å². The summed E-state index contributed by atoms with van der Waals surface area (Å²) in [7, 11) is 0. The maximum absolute atomic E-state index is 13.1. The number of aryl methyl sites for hydroxylation is 2. The smallest absolute Gasteiger partial charge is 0.331 e. The summed E-state index contributed by atoms with van der Waals surface area (Å²) in [5.41, 5.74) is 2.21. The van der Waals surface area contributed by atoms with Gasteiger partial charge in [0.05, 0.1) is 17.8 Å². The largest absolute Gasteiger partial charge is 0.440 e. The van der Waals surface area contributed by atoms with Crippen LogP contribution in [0.1, 0.15) is 42.1 Å². The molecular weight excluding hydrogens is 422 g/mol. The molecule has 0 radical (unpaired) electrons. The van der Waals surface area contributed by atoms with Gasteiger partial charge in [-0.15, -0.1) is 0 Å². The second-order valence-corrected chi connectivity index (χ2v) is 7.91.